The number of carbonyl (C=O) groups excluding carboxylic acids is 1. The largest absolute Gasteiger partial charge is 0.352 e. The molecule has 2 rings (SSSR count). The Labute approximate surface area is 119 Å². The van der Waals surface area contributed by atoms with Crippen LogP contribution >= 0.6 is 12.6 Å². The lowest BCUT2D eigenvalue weighted by molar-refractivity contribution is 0.0954. The third-order valence-corrected chi connectivity index (χ3v) is 3.37. The zero-order chi connectivity index (χ0) is 13.7. The summed E-state index contributed by atoms with van der Waals surface area (Å²) in [5.74, 6) is -0.0399. The van der Waals surface area contributed by atoms with E-state index in [-0.39, 0.29) is 5.91 Å². The van der Waals surface area contributed by atoms with Gasteiger partial charge in [0.15, 0.2) is 0 Å². The summed E-state index contributed by atoms with van der Waals surface area (Å²) < 4.78 is 0. The Morgan fingerprint density at radius 1 is 1.11 bits per heavy atom. The Bertz CT molecular complexity index is 563. The molecule has 0 atom stereocenters. The van der Waals surface area contributed by atoms with Crippen molar-refractivity contribution in [1.82, 2.24) is 5.32 Å². The Balaban J connectivity index is 1.88. The molecule has 0 aliphatic rings. The first-order valence-electron chi connectivity index (χ1n) is 6.28. The van der Waals surface area contributed by atoms with Gasteiger partial charge in [-0.15, -0.1) is 12.6 Å². The normalized spacial score (nSPS) is 10.2. The van der Waals surface area contributed by atoms with Gasteiger partial charge in [0.1, 0.15) is 0 Å². The Kier molecular flexibility index (Phi) is 4.63. The van der Waals surface area contributed by atoms with E-state index in [0.29, 0.717) is 12.1 Å². The highest BCUT2D eigenvalue weighted by Crippen LogP contribution is 2.09. The minimum absolute atomic E-state index is 0.0399. The summed E-state index contributed by atoms with van der Waals surface area (Å²) >= 11 is 4.20. The molecule has 98 valence electrons. The Morgan fingerprint density at radius 2 is 1.79 bits per heavy atom. The summed E-state index contributed by atoms with van der Waals surface area (Å²) in [6.07, 6.45) is 0.850. The number of benzene rings is 2. The summed E-state index contributed by atoms with van der Waals surface area (Å²) in [6.45, 7) is 2.73. The van der Waals surface area contributed by atoms with Crippen LogP contribution in [-0.2, 0) is 6.42 Å². The third-order valence-electron chi connectivity index (χ3n) is 3.07. The van der Waals surface area contributed by atoms with E-state index in [1.54, 1.807) is 12.1 Å². The van der Waals surface area contributed by atoms with Crippen LogP contribution in [0, 0.1) is 6.92 Å². The van der Waals surface area contributed by atoms with Crippen LogP contribution in [0.4, 0.5) is 0 Å². The molecule has 0 unspecified atom stereocenters. The summed E-state index contributed by atoms with van der Waals surface area (Å²) in [6, 6.07) is 15.4. The molecule has 0 radical (unpaired) electrons. The van der Waals surface area contributed by atoms with Gasteiger partial charge in [-0.25, -0.2) is 0 Å². The van der Waals surface area contributed by atoms with Crippen LogP contribution < -0.4 is 5.32 Å². The molecule has 0 aliphatic heterocycles. The second kappa shape index (κ2) is 6.43. The average molecular weight is 271 g/mol. The van der Waals surface area contributed by atoms with Gasteiger partial charge in [-0.05, 0) is 48.7 Å². The number of aryl methyl sites for hydroxylation is 1. The lowest BCUT2D eigenvalue weighted by atomic mass is 10.1. The fraction of sp³-hybridized carbons (Fsp3) is 0.188. The molecule has 0 spiro atoms. The van der Waals surface area contributed by atoms with Crippen LogP contribution in [0.3, 0.4) is 0 Å². The monoisotopic (exact) mass is 271 g/mol. The summed E-state index contributed by atoms with van der Waals surface area (Å²) in [4.78, 5) is 12.8. The van der Waals surface area contributed by atoms with Crippen LogP contribution in [0.5, 0.6) is 0 Å². The van der Waals surface area contributed by atoms with Crippen molar-refractivity contribution < 1.29 is 4.79 Å². The maximum absolute atomic E-state index is 11.9. The van der Waals surface area contributed by atoms with Gasteiger partial charge in [0.05, 0.1) is 0 Å². The van der Waals surface area contributed by atoms with Gasteiger partial charge >= 0.3 is 0 Å². The van der Waals surface area contributed by atoms with E-state index >= 15 is 0 Å². The minimum Gasteiger partial charge on any atom is -0.352 e. The first kappa shape index (κ1) is 13.7. The van der Waals surface area contributed by atoms with E-state index in [4.69, 9.17) is 0 Å². The number of rotatable bonds is 4. The molecule has 0 saturated heterocycles. The number of hydrogen-bond donors (Lipinski definition) is 2. The molecule has 2 aromatic rings. The summed E-state index contributed by atoms with van der Waals surface area (Å²) in [7, 11) is 0. The predicted molar refractivity (Wildman–Crippen MR) is 80.9 cm³/mol. The minimum atomic E-state index is -0.0399. The molecule has 3 heteroatoms. The van der Waals surface area contributed by atoms with Crippen LogP contribution in [0.25, 0.3) is 0 Å². The fourth-order valence-electron chi connectivity index (χ4n) is 1.92. The zero-order valence-corrected chi connectivity index (χ0v) is 11.8. The molecular weight excluding hydrogens is 254 g/mol. The second-order valence-corrected chi connectivity index (χ2v) is 5.00. The standard InChI is InChI=1S/C16H17NOS/c1-12-4-2-3-5-13(12)10-11-17-16(18)14-6-8-15(19)9-7-14/h2-9,19H,10-11H2,1H3,(H,17,18). The Hall–Kier alpha value is -1.74. The zero-order valence-electron chi connectivity index (χ0n) is 10.9. The smallest absolute Gasteiger partial charge is 0.251 e. The van der Waals surface area contributed by atoms with Crippen molar-refractivity contribution in [1.29, 1.82) is 0 Å². The first-order chi connectivity index (χ1) is 9.16. The molecule has 2 nitrogen and oxygen atoms in total. The highest BCUT2D eigenvalue weighted by atomic mass is 32.1. The molecule has 2 aromatic carbocycles. The van der Waals surface area contributed by atoms with E-state index in [0.717, 1.165) is 11.3 Å². The van der Waals surface area contributed by atoms with Gasteiger partial charge in [-0.2, -0.15) is 0 Å². The number of nitrogens with one attached hydrogen (secondary N) is 1. The molecule has 0 aliphatic carbocycles. The van der Waals surface area contributed by atoms with E-state index in [9.17, 15) is 4.79 Å². The van der Waals surface area contributed by atoms with Crippen molar-refractivity contribution in [3.05, 3.63) is 65.2 Å². The van der Waals surface area contributed by atoms with Crippen molar-refractivity contribution in [3.8, 4) is 0 Å². The SMILES string of the molecule is Cc1ccccc1CCNC(=O)c1ccc(S)cc1. The van der Waals surface area contributed by atoms with Gasteiger partial charge in [-0.1, -0.05) is 24.3 Å². The number of amides is 1. The van der Waals surface area contributed by atoms with E-state index < -0.39 is 0 Å². The van der Waals surface area contributed by atoms with Gasteiger partial charge in [0.2, 0.25) is 0 Å². The lowest BCUT2D eigenvalue weighted by Gasteiger charge is -2.07. The highest BCUT2D eigenvalue weighted by molar-refractivity contribution is 7.80. The molecule has 1 N–H and O–H groups in total. The molecule has 0 heterocycles. The van der Waals surface area contributed by atoms with Crippen molar-refractivity contribution in [2.75, 3.05) is 6.54 Å². The van der Waals surface area contributed by atoms with Crippen molar-refractivity contribution >= 4 is 18.5 Å². The van der Waals surface area contributed by atoms with Gasteiger partial charge in [0.25, 0.3) is 5.91 Å². The van der Waals surface area contributed by atoms with Crippen LogP contribution in [-0.4, -0.2) is 12.5 Å². The topological polar surface area (TPSA) is 29.1 Å². The predicted octanol–water partition coefficient (Wildman–Crippen LogP) is 3.26. The summed E-state index contributed by atoms with van der Waals surface area (Å²) in [5.41, 5.74) is 3.20. The van der Waals surface area contributed by atoms with Crippen LogP contribution in [0.2, 0.25) is 0 Å². The van der Waals surface area contributed by atoms with Crippen LogP contribution in [0.15, 0.2) is 53.4 Å². The maximum atomic E-state index is 11.9. The average Bonchev–Trinajstić information content (AvgIpc) is 2.41. The molecule has 1 amide bonds. The van der Waals surface area contributed by atoms with Crippen molar-refractivity contribution in [2.45, 2.75) is 18.2 Å². The molecule has 0 saturated carbocycles. The lowest BCUT2D eigenvalue weighted by Crippen LogP contribution is -2.25. The molecular formula is C16H17NOS. The third kappa shape index (κ3) is 3.86. The second-order valence-electron chi connectivity index (χ2n) is 4.48. The number of hydrogen-bond acceptors (Lipinski definition) is 2. The maximum Gasteiger partial charge on any atom is 0.251 e. The molecule has 0 fully saturated rings. The van der Waals surface area contributed by atoms with E-state index in [1.807, 2.05) is 24.3 Å². The summed E-state index contributed by atoms with van der Waals surface area (Å²) in [5, 5.41) is 2.93. The molecule has 0 aromatic heterocycles. The first-order valence-corrected chi connectivity index (χ1v) is 6.73. The number of carbonyl (C=O) groups is 1. The van der Waals surface area contributed by atoms with Gasteiger partial charge in [-0.3, -0.25) is 4.79 Å². The van der Waals surface area contributed by atoms with Gasteiger partial charge < -0.3 is 5.32 Å². The van der Waals surface area contributed by atoms with E-state index in [2.05, 4.69) is 37.0 Å². The molecule has 19 heavy (non-hydrogen) atoms. The quantitative estimate of drug-likeness (QED) is 0.821. The van der Waals surface area contributed by atoms with Crippen LogP contribution in [0.1, 0.15) is 21.5 Å². The van der Waals surface area contributed by atoms with Crippen molar-refractivity contribution in [3.63, 3.8) is 0 Å². The Morgan fingerprint density at radius 3 is 2.47 bits per heavy atom. The fourth-order valence-corrected chi connectivity index (χ4v) is 2.07. The highest BCUT2D eigenvalue weighted by Gasteiger charge is 2.04. The molecule has 0 bridgehead atoms. The van der Waals surface area contributed by atoms with E-state index in [1.165, 1.54) is 11.1 Å². The number of thiol groups is 1. The van der Waals surface area contributed by atoms with Gasteiger partial charge in [0, 0.05) is 17.0 Å². The van der Waals surface area contributed by atoms with Crippen molar-refractivity contribution in [2.24, 2.45) is 0 Å².